The van der Waals surface area contributed by atoms with Crippen LogP contribution in [0.2, 0.25) is 25.4 Å². The smallest absolute Gasteiger partial charge is 0.490 e. The highest BCUT2D eigenvalue weighted by Gasteiger charge is 2.32. The van der Waals surface area contributed by atoms with Crippen LogP contribution in [0.4, 0.5) is 0 Å². The lowest BCUT2D eigenvalue weighted by molar-refractivity contribution is 0.316. The zero-order valence-electron chi connectivity index (χ0n) is 11.0. The second-order valence-electron chi connectivity index (χ2n) is 5.77. The molecular formula is C12H25AlOSi. The molecule has 3 heteroatoms. The molecule has 15 heavy (non-hydrogen) atoms. The molecule has 1 aliphatic rings. The molecule has 1 nitrogen and oxygen atoms in total. The van der Waals surface area contributed by atoms with E-state index in [1.54, 1.807) is 9.63 Å². The summed E-state index contributed by atoms with van der Waals surface area (Å²) < 4.78 is 7.88. The van der Waals surface area contributed by atoms with Gasteiger partial charge in [0.05, 0.1) is 8.07 Å². The van der Waals surface area contributed by atoms with Gasteiger partial charge in [-0.15, -0.1) is 4.06 Å². The fourth-order valence-electron chi connectivity index (χ4n) is 2.74. The molecule has 0 fully saturated rings. The summed E-state index contributed by atoms with van der Waals surface area (Å²) in [6, 6.07) is 0. The van der Waals surface area contributed by atoms with E-state index < -0.39 is 22.6 Å². The largest absolute Gasteiger partial charge is 0.498 e. The van der Waals surface area contributed by atoms with Gasteiger partial charge in [-0.3, -0.25) is 0 Å². The van der Waals surface area contributed by atoms with Gasteiger partial charge in [0.25, 0.3) is 0 Å². The van der Waals surface area contributed by atoms with E-state index >= 15 is 0 Å². The van der Waals surface area contributed by atoms with Crippen LogP contribution in [0.1, 0.15) is 32.6 Å². The molecule has 0 aromatic carbocycles. The van der Waals surface area contributed by atoms with Crippen molar-refractivity contribution in [3.8, 4) is 0 Å². The highest BCUT2D eigenvalue weighted by molar-refractivity contribution is 6.96. The summed E-state index contributed by atoms with van der Waals surface area (Å²) in [6.45, 7) is 10.8. The van der Waals surface area contributed by atoms with E-state index in [1.165, 1.54) is 25.7 Å². The zero-order chi connectivity index (χ0) is 11.5. The molecule has 0 aromatic heterocycles. The Morgan fingerprint density at radius 1 is 1.13 bits per heavy atom. The standard InChI is InChI=1S/C11H22OSi.CH3.Al/c1-11(10-13(2,3)4)8-6-5-7-9-12;;/h5-9H2,1-4H3;1H3;/q-1;;+1. The van der Waals surface area contributed by atoms with Crippen molar-refractivity contribution in [3.05, 3.63) is 9.63 Å². The maximum absolute atomic E-state index is 6.09. The fourth-order valence-corrected chi connectivity index (χ4v) is 10.8. The first-order valence-electron chi connectivity index (χ1n) is 6.24. The van der Waals surface area contributed by atoms with Crippen LogP contribution >= 0.6 is 0 Å². The number of allylic oxidation sites excluding steroid dienone is 1. The minimum absolute atomic E-state index is 1.01. The molecule has 0 saturated heterocycles. The van der Waals surface area contributed by atoms with Gasteiger partial charge in [-0.1, -0.05) is 37.4 Å². The minimum Gasteiger partial charge on any atom is -0.498 e. The zero-order valence-corrected chi connectivity index (χ0v) is 13.2. The van der Waals surface area contributed by atoms with Crippen LogP contribution in [0.15, 0.2) is 9.63 Å². The molecule has 1 heterocycles. The van der Waals surface area contributed by atoms with Crippen molar-refractivity contribution in [3.63, 3.8) is 0 Å². The van der Waals surface area contributed by atoms with Gasteiger partial charge in [0.1, 0.15) is 0 Å². The van der Waals surface area contributed by atoms with E-state index in [2.05, 4.69) is 32.4 Å². The van der Waals surface area contributed by atoms with Crippen LogP contribution in [0.5, 0.6) is 0 Å². The maximum atomic E-state index is 6.09. The van der Waals surface area contributed by atoms with Gasteiger partial charge in [-0.2, -0.15) is 0 Å². The average Bonchev–Trinajstić information content (AvgIpc) is 2.14. The SMILES string of the molecule is C/C1=[C](\[Si](C)(C)C)[Al]([CH3])[O]CCCCC1. The molecule has 0 spiro atoms. The van der Waals surface area contributed by atoms with Crippen molar-refractivity contribution in [1.29, 1.82) is 0 Å². The molecule has 0 bridgehead atoms. The third-order valence-corrected chi connectivity index (χ3v) is 11.1. The first-order chi connectivity index (χ1) is 6.93. The van der Waals surface area contributed by atoms with Crippen LogP contribution in [0, 0.1) is 0 Å². The third-order valence-electron chi connectivity index (χ3n) is 3.24. The average molecular weight is 240 g/mol. The topological polar surface area (TPSA) is 9.23 Å². The van der Waals surface area contributed by atoms with Crippen LogP contribution in [0.3, 0.4) is 0 Å². The lowest BCUT2D eigenvalue weighted by Crippen LogP contribution is -2.36. The Labute approximate surface area is 101 Å². The van der Waals surface area contributed by atoms with Gasteiger partial charge in [-0.05, 0) is 26.2 Å². The lowest BCUT2D eigenvalue weighted by atomic mass is 10.1. The summed E-state index contributed by atoms with van der Waals surface area (Å²) in [6.07, 6.45) is 5.30. The molecule has 0 radical (unpaired) electrons. The molecule has 0 atom stereocenters. The molecule has 0 saturated carbocycles. The van der Waals surface area contributed by atoms with Gasteiger partial charge >= 0.3 is 14.5 Å². The molecular weight excluding hydrogens is 215 g/mol. The van der Waals surface area contributed by atoms with E-state index in [1.807, 2.05) is 0 Å². The first-order valence-corrected chi connectivity index (χ1v) is 11.9. The molecule has 0 aliphatic carbocycles. The fraction of sp³-hybridized carbons (Fsp3) is 0.833. The van der Waals surface area contributed by atoms with Crippen LogP contribution in [-0.2, 0) is 3.79 Å². The Balaban J connectivity index is 2.93. The second-order valence-corrected chi connectivity index (χ2v) is 13.6. The third kappa shape index (κ3) is 4.07. The van der Waals surface area contributed by atoms with Crippen molar-refractivity contribution in [2.45, 2.75) is 58.0 Å². The minimum atomic E-state index is -1.14. The summed E-state index contributed by atoms with van der Waals surface area (Å²) >= 11 is -1.05. The maximum Gasteiger partial charge on any atom is 0.490 e. The molecule has 0 amide bonds. The summed E-state index contributed by atoms with van der Waals surface area (Å²) in [5.74, 6) is 2.38. The number of hydrogen-bond acceptors (Lipinski definition) is 1. The predicted molar refractivity (Wildman–Crippen MR) is 72.1 cm³/mol. The van der Waals surface area contributed by atoms with Gasteiger partial charge in [0.15, 0.2) is 0 Å². The molecule has 1 aliphatic heterocycles. The first kappa shape index (κ1) is 13.5. The van der Waals surface area contributed by atoms with Gasteiger partial charge < -0.3 is 3.79 Å². The van der Waals surface area contributed by atoms with Crippen LogP contribution in [-0.4, -0.2) is 29.2 Å². The molecule has 1 rings (SSSR count). The van der Waals surface area contributed by atoms with E-state index in [9.17, 15) is 0 Å². The van der Waals surface area contributed by atoms with E-state index in [4.69, 9.17) is 3.79 Å². The second kappa shape index (κ2) is 5.68. The van der Waals surface area contributed by atoms with Gasteiger partial charge in [0, 0.05) is 6.61 Å². The normalized spacial score (nSPS) is 25.8. The van der Waals surface area contributed by atoms with Crippen molar-refractivity contribution >= 4 is 22.6 Å². The molecule has 0 N–H and O–H groups in total. The Kier molecular flexibility index (Phi) is 5.12. The summed E-state index contributed by atoms with van der Waals surface area (Å²) in [7, 11) is -1.14. The Morgan fingerprint density at radius 2 is 1.80 bits per heavy atom. The van der Waals surface area contributed by atoms with Crippen LogP contribution < -0.4 is 0 Å². The predicted octanol–water partition coefficient (Wildman–Crippen LogP) is 3.93. The molecule has 0 aromatic rings. The quantitative estimate of drug-likeness (QED) is 0.631. The summed E-state index contributed by atoms with van der Waals surface area (Å²) in [5.41, 5.74) is 1.68. The highest BCUT2D eigenvalue weighted by atomic mass is 28.3. The summed E-state index contributed by atoms with van der Waals surface area (Å²) in [4.78, 5) is 0. The van der Waals surface area contributed by atoms with Gasteiger partial charge in [-0.25, -0.2) is 0 Å². The van der Waals surface area contributed by atoms with E-state index in [-0.39, 0.29) is 0 Å². The Hall–Kier alpha value is 0.449. The van der Waals surface area contributed by atoms with Crippen LogP contribution in [0.25, 0.3) is 0 Å². The Bertz CT molecular complexity index is 242. The monoisotopic (exact) mass is 240 g/mol. The van der Waals surface area contributed by atoms with Crippen molar-refractivity contribution in [2.24, 2.45) is 0 Å². The molecule has 86 valence electrons. The number of rotatable bonds is 1. The summed E-state index contributed by atoms with van der Waals surface area (Å²) in [5, 5.41) is 0. The van der Waals surface area contributed by atoms with E-state index in [0.29, 0.717) is 0 Å². The van der Waals surface area contributed by atoms with Gasteiger partial charge in [0.2, 0.25) is 0 Å². The van der Waals surface area contributed by atoms with Crippen molar-refractivity contribution in [2.75, 3.05) is 6.61 Å². The highest BCUT2D eigenvalue weighted by Crippen LogP contribution is 2.26. The van der Waals surface area contributed by atoms with E-state index in [0.717, 1.165) is 6.61 Å². The van der Waals surface area contributed by atoms with Crippen molar-refractivity contribution < 1.29 is 3.79 Å². The van der Waals surface area contributed by atoms with Crippen molar-refractivity contribution in [1.82, 2.24) is 0 Å². The molecule has 0 unspecified atom stereocenters. The number of hydrogen-bond donors (Lipinski definition) is 0. The Morgan fingerprint density at radius 3 is 2.40 bits per heavy atom. The lowest BCUT2D eigenvalue weighted by Gasteiger charge is -2.26.